The molecule has 3 aliphatic rings. The number of carboxylic acid groups (broad SMARTS) is 1. The fraction of sp³-hybridized carbons (Fsp3) is 0.450. The van der Waals surface area contributed by atoms with Crippen LogP contribution >= 0.6 is 0 Å². The van der Waals surface area contributed by atoms with Crippen molar-refractivity contribution in [3.63, 3.8) is 0 Å². The molecule has 2 N–H and O–H groups in total. The number of hydrogen-bond acceptors (Lipinski definition) is 5. The minimum atomic E-state index is -0.917. The lowest BCUT2D eigenvalue weighted by molar-refractivity contribution is -0.143. The molecule has 29 heavy (non-hydrogen) atoms. The van der Waals surface area contributed by atoms with E-state index in [4.69, 9.17) is 0 Å². The molecule has 0 bridgehead atoms. The van der Waals surface area contributed by atoms with Gasteiger partial charge in [0.1, 0.15) is 6.04 Å². The zero-order valence-electron chi connectivity index (χ0n) is 15.7. The number of benzene rings is 1. The molecular formula is C20H21N3O6. The van der Waals surface area contributed by atoms with E-state index in [0.717, 1.165) is 0 Å². The number of imide groups is 1. The molecule has 3 aliphatic heterocycles. The van der Waals surface area contributed by atoms with Gasteiger partial charge in [0, 0.05) is 37.2 Å². The van der Waals surface area contributed by atoms with Gasteiger partial charge in [-0.2, -0.15) is 0 Å². The molecule has 0 aliphatic carbocycles. The third kappa shape index (κ3) is 3.37. The summed E-state index contributed by atoms with van der Waals surface area (Å²) in [6, 6.07) is 4.13. The van der Waals surface area contributed by atoms with Crippen molar-refractivity contribution in [2.45, 2.75) is 38.3 Å². The van der Waals surface area contributed by atoms with Gasteiger partial charge in [0.2, 0.25) is 11.8 Å². The highest BCUT2D eigenvalue weighted by Gasteiger charge is 2.41. The lowest BCUT2D eigenvalue weighted by Crippen LogP contribution is -2.52. The van der Waals surface area contributed by atoms with Crippen LogP contribution < -0.4 is 5.32 Å². The minimum absolute atomic E-state index is 0.110. The van der Waals surface area contributed by atoms with Gasteiger partial charge in [0.25, 0.3) is 11.8 Å². The van der Waals surface area contributed by atoms with Crippen molar-refractivity contribution in [3.8, 4) is 0 Å². The van der Waals surface area contributed by atoms with Crippen LogP contribution in [0, 0.1) is 5.92 Å². The normalized spacial score (nSPS) is 24.3. The molecule has 9 heteroatoms. The van der Waals surface area contributed by atoms with Crippen LogP contribution in [0.1, 0.15) is 52.0 Å². The van der Waals surface area contributed by atoms with E-state index in [1.165, 1.54) is 9.80 Å². The lowest BCUT2D eigenvalue weighted by atomic mass is 9.96. The summed E-state index contributed by atoms with van der Waals surface area (Å²) in [7, 11) is 0. The maximum atomic E-state index is 13.1. The summed E-state index contributed by atoms with van der Waals surface area (Å²) < 4.78 is 0. The van der Waals surface area contributed by atoms with Gasteiger partial charge in [0.15, 0.2) is 0 Å². The van der Waals surface area contributed by atoms with Crippen LogP contribution in [0.5, 0.6) is 0 Å². The van der Waals surface area contributed by atoms with Crippen molar-refractivity contribution >= 4 is 29.6 Å². The van der Waals surface area contributed by atoms with E-state index < -0.39 is 23.8 Å². The molecule has 2 fully saturated rings. The zero-order chi connectivity index (χ0) is 20.7. The van der Waals surface area contributed by atoms with Crippen LogP contribution in [0.3, 0.4) is 0 Å². The molecule has 2 saturated heterocycles. The maximum absolute atomic E-state index is 13.1. The van der Waals surface area contributed by atoms with Crippen molar-refractivity contribution in [2.75, 3.05) is 13.1 Å². The Morgan fingerprint density at radius 3 is 2.66 bits per heavy atom. The smallest absolute Gasteiger partial charge is 0.308 e. The van der Waals surface area contributed by atoms with Gasteiger partial charge in [-0.25, -0.2) is 0 Å². The molecule has 0 spiro atoms. The Morgan fingerprint density at radius 2 is 1.93 bits per heavy atom. The molecule has 0 saturated carbocycles. The molecular weight excluding hydrogens is 378 g/mol. The first-order chi connectivity index (χ1) is 13.9. The Labute approximate surface area is 166 Å². The summed E-state index contributed by atoms with van der Waals surface area (Å²) in [5.74, 6) is -3.01. The topological polar surface area (TPSA) is 124 Å². The van der Waals surface area contributed by atoms with E-state index in [2.05, 4.69) is 5.32 Å². The number of carbonyl (C=O) groups is 5. The quantitative estimate of drug-likeness (QED) is 0.709. The van der Waals surface area contributed by atoms with Gasteiger partial charge in [-0.3, -0.25) is 29.3 Å². The van der Waals surface area contributed by atoms with Gasteiger partial charge in [-0.05, 0) is 37.0 Å². The van der Waals surface area contributed by atoms with Gasteiger partial charge in [-0.1, -0.05) is 6.07 Å². The SMILES string of the molecule is O=C1CCC(N2Cc3c(C(=O)N4CCCC(C(=O)O)C4)cccc3C2=O)C(=O)N1. The third-order valence-corrected chi connectivity index (χ3v) is 5.87. The number of nitrogens with zero attached hydrogens (tertiary/aromatic N) is 2. The number of carboxylic acids is 1. The molecule has 2 atom stereocenters. The van der Waals surface area contributed by atoms with Crippen LogP contribution in [-0.2, 0) is 20.9 Å². The van der Waals surface area contributed by atoms with Crippen molar-refractivity contribution < 1.29 is 29.1 Å². The van der Waals surface area contributed by atoms with E-state index in [1.54, 1.807) is 18.2 Å². The molecule has 4 amide bonds. The van der Waals surface area contributed by atoms with E-state index in [9.17, 15) is 29.1 Å². The molecule has 0 radical (unpaired) electrons. The number of nitrogens with one attached hydrogen (secondary N) is 1. The molecule has 152 valence electrons. The highest BCUT2D eigenvalue weighted by molar-refractivity contribution is 6.07. The van der Waals surface area contributed by atoms with E-state index in [-0.39, 0.29) is 43.7 Å². The number of fused-ring (bicyclic) bond motifs is 1. The molecule has 1 aromatic carbocycles. The Balaban J connectivity index is 1.58. The summed E-state index contributed by atoms with van der Waals surface area (Å²) in [4.78, 5) is 63.8. The average Bonchev–Trinajstić information content (AvgIpc) is 3.04. The standard InChI is InChI=1S/C20H21N3O6/c24-16-7-6-15(17(25)21-16)23-10-14-12(4-1-5-13(14)19(23)27)18(26)22-8-2-3-11(9-22)20(28)29/h1,4-5,11,15H,2-3,6-10H2,(H,28,29)(H,21,24,25). The van der Waals surface area contributed by atoms with Crippen molar-refractivity contribution in [3.05, 3.63) is 34.9 Å². The number of piperidine rings is 2. The lowest BCUT2D eigenvalue weighted by Gasteiger charge is -2.31. The number of hydrogen-bond donors (Lipinski definition) is 2. The molecule has 1 aromatic rings. The predicted octanol–water partition coefficient (Wildman–Crippen LogP) is 0.384. The fourth-order valence-electron chi connectivity index (χ4n) is 4.32. The molecule has 3 heterocycles. The molecule has 4 rings (SSSR count). The van der Waals surface area contributed by atoms with Crippen LogP contribution in [-0.4, -0.2) is 63.6 Å². The molecule has 9 nitrogen and oxygen atoms in total. The van der Waals surface area contributed by atoms with Crippen molar-refractivity contribution in [1.82, 2.24) is 15.1 Å². The first-order valence-corrected chi connectivity index (χ1v) is 9.65. The summed E-state index contributed by atoms with van der Waals surface area (Å²) in [6.07, 6.45) is 1.56. The van der Waals surface area contributed by atoms with Gasteiger partial charge >= 0.3 is 5.97 Å². The van der Waals surface area contributed by atoms with Gasteiger partial charge in [-0.15, -0.1) is 0 Å². The van der Waals surface area contributed by atoms with Crippen LogP contribution in [0.4, 0.5) is 0 Å². The number of amides is 4. The van der Waals surface area contributed by atoms with E-state index in [1.807, 2.05) is 0 Å². The van der Waals surface area contributed by atoms with Crippen LogP contribution in [0.25, 0.3) is 0 Å². The number of rotatable bonds is 3. The summed E-state index contributed by atoms with van der Waals surface area (Å²) in [5.41, 5.74) is 1.27. The van der Waals surface area contributed by atoms with Crippen LogP contribution in [0.2, 0.25) is 0 Å². The highest BCUT2D eigenvalue weighted by Crippen LogP contribution is 2.31. The maximum Gasteiger partial charge on any atom is 0.308 e. The second kappa shape index (κ2) is 7.31. The van der Waals surface area contributed by atoms with Gasteiger partial charge in [0.05, 0.1) is 5.92 Å². The highest BCUT2D eigenvalue weighted by atomic mass is 16.4. The summed E-state index contributed by atoms with van der Waals surface area (Å²) in [6.45, 7) is 0.721. The number of likely N-dealkylation sites (tertiary alicyclic amines) is 1. The Morgan fingerprint density at radius 1 is 1.14 bits per heavy atom. The summed E-state index contributed by atoms with van der Waals surface area (Å²) in [5, 5.41) is 11.5. The monoisotopic (exact) mass is 399 g/mol. The Hall–Kier alpha value is -3.23. The Kier molecular flexibility index (Phi) is 4.81. The second-order valence-corrected chi connectivity index (χ2v) is 7.66. The first kappa shape index (κ1) is 19.1. The largest absolute Gasteiger partial charge is 0.481 e. The number of carbonyl (C=O) groups excluding carboxylic acids is 4. The average molecular weight is 399 g/mol. The van der Waals surface area contributed by atoms with E-state index >= 15 is 0 Å². The second-order valence-electron chi connectivity index (χ2n) is 7.66. The minimum Gasteiger partial charge on any atom is -0.481 e. The third-order valence-electron chi connectivity index (χ3n) is 5.87. The number of aliphatic carboxylic acids is 1. The van der Waals surface area contributed by atoms with Gasteiger partial charge < -0.3 is 14.9 Å². The fourth-order valence-corrected chi connectivity index (χ4v) is 4.32. The van der Waals surface area contributed by atoms with Crippen LogP contribution in [0.15, 0.2) is 18.2 Å². The first-order valence-electron chi connectivity index (χ1n) is 9.65. The zero-order valence-corrected chi connectivity index (χ0v) is 15.7. The van der Waals surface area contributed by atoms with E-state index in [0.29, 0.717) is 36.1 Å². The van der Waals surface area contributed by atoms with Crippen molar-refractivity contribution in [1.29, 1.82) is 0 Å². The summed E-state index contributed by atoms with van der Waals surface area (Å²) >= 11 is 0. The molecule has 2 unspecified atom stereocenters. The predicted molar refractivity (Wildman–Crippen MR) is 98.8 cm³/mol. The Bertz CT molecular complexity index is 927. The molecule has 0 aromatic heterocycles. The van der Waals surface area contributed by atoms with Crippen molar-refractivity contribution in [2.24, 2.45) is 5.92 Å².